The first-order chi connectivity index (χ1) is 9.51. The summed E-state index contributed by atoms with van der Waals surface area (Å²) in [5.41, 5.74) is 8.38. The Morgan fingerprint density at radius 3 is 2.70 bits per heavy atom. The van der Waals surface area contributed by atoms with Gasteiger partial charge in [-0.15, -0.1) is 0 Å². The lowest BCUT2D eigenvalue weighted by molar-refractivity contribution is 0.102. The molecule has 2 aromatic rings. The van der Waals surface area contributed by atoms with Gasteiger partial charge >= 0.3 is 0 Å². The van der Waals surface area contributed by atoms with Gasteiger partial charge in [-0.1, -0.05) is 11.6 Å². The van der Waals surface area contributed by atoms with Crippen molar-refractivity contribution < 1.29 is 4.79 Å². The Balaban J connectivity index is 2.30. The molecule has 0 saturated heterocycles. The van der Waals surface area contributed by atoms with E-state index in [9.17, 15) is 4.79 Å². The number of hydrogen-bond acceptors (Lipinski definition) is 3. The van der Waals surface area contributed by atoms with Crippen molar-refractivity contribution in [3.8, 4) is 6.07 Å². The lowest BCUT2D eigenvalue weighted by Crippen LogP contribution is -2.14. The van der Waals surface area contributed by atoms with Gasteiger partial charge in [0.25, 0.3) is 5.91 Å². The number of rotatable bonds is 2. The molecule has 1 amide bonds. The maximum atomic E-state index is 12.2. The Bertz CT molecular complexity index is 720. The Labute approximate surface area is 121 Å². The highest BCUT2D eigenvalue weighted by Crippen LogP contribution is 2.24. The second-order valence-corrected chi connectivity index (χ2v) is 4.74. The molecular formula is C15H12ClN3O. The zero-order chi connectivity index (χ0) is 14.7. The van der Waals surface area contributed by atoms with Crippen LogP contribution in [0.1, 0.15) is 21.5 Å². The number of anilines is 2. The first-order valence-corrected chi connectivity index (χ1v) is 6.26. The van der Waals surface area contributed by atoms with Crippen molar-refractivity contribution >= 4 is 28.9 Å². The van der Waals surface area contributed by atoms with E-state index in [2.05, 4.69) is 5.32 Å². The van der Waals surface area contributed by atoms with Crippen LogP contribution in [0.3, 0.4) is 0 Å². The zero-order valence-corrected chi connectivity index (χ0v) is 11.5. The van der Waals surface area contributed by atoms with Crippen molar-refractivity contribution in [3.05, 3.63) is 58.1 Å². The fourth-order valence-electron chi connectivity index (χ4n) is 1.82. The molecule has 2 aromatic carbocycles. The van der Waals surface area contributed by atoms with E-state index in [1.165, 1.54) is 6.07 Å². The van der Waals surface area contributed by atoms with Gasteiger partial charge in [-0.05, 0) is 48.9 Å². The lowest BCUT2D eigenvalue weighted by atomic mass is 10.1. The van der Waals surface area contributed by atoms with Gasteiger partial charge in [0.1, 0.15) is 0 Å². The van der Waals surface area contributed by atoms with E-state index in [1.807, 2.05) is 6.07 Å². The largest absolute Gasteiger partial charge is 0.399 e. The number of nitrogens with one attached hydrogen (secondary N) is 1. The highest BCUT2D eigenvalue weighted by molar-refractivity contribution is 6.34. The normalized spacial score (nSPS) is 9.85. The summed E-state index contributed by atoms with van der Waals surface area (Å²) < 4.78 is 0. The van der Waals surface area contributed by atoms with E-state index in [0.717, 1.165) is 5.56 Å². The van der Waals surface area contributed by atoms with Crippen LogP contribution in [0.2, 0.25) is 5.02 Å². The molecule has 0 bridgehead atoms. The number of carbonyl (C=O) groups excluding carboxylic acids is 1. The molecule has 2 rings (SSSR count). The molecule has 5 heteroatoms. The number of hydrogen-bond donors (Lipinski definition) is 2. The minimum absolute atomic E-state index is 0.292. The number of carbonyl (C=O) groups is 1. The van der Waals surface area contributed by atoms with Crippen molar-refractivity contribution in [2.45, 2.75) is 6.92 Å². The van der Waals surface area contributed by atoms with Crippen molar-refractivity contribution in [1.29, 1.82) is 5.26 Å². The summed E-state index contributed by atoms with van der Waals surface area (Å²) in [4.78, 5) is 12.2. The van der Waals surface area contributed by atoms with Gasteiger partial charge in [-0.2, -0.15) is 5.26 Å². The van der Waals surface area contributed by atoms with Crippen LogP contribution in [0.25, 0.3) is 0 Å². The molecule has 3 N–H and O–H groups in total. The van der Waals surface area contributed by atoms with E-state index in [1.54, 1.807) is 37.3 Å². The molecular weight excluding hydrogens is 274 g/mol. The topological polar surface area (TPSA) is 78.9 Å². The van der Waals surface area contributed by atoms with Gasteiger partial charge in [0.2, 0.25) is 0 Å². The Morgan fingerprint density at radius 1 is 1.30 bits per heavy atom. The van der Waals surface area contributed by atoms with E-state index in [0.29, 0.717) is 27.5 Å². The molecule has 0 fully saturated rings. The number of benzene rings is 2. The number of halogens is 1. The molecule has 0 heterocycles. The number of aryl methyl sites for hydroxylation is 1. The molecule has 100 valence electrons. The molecule has 0 aliphatic heterocycles. The maximum absolute atomic E-state index is 12.2. The minimum atomic E-state index is -0.292. The van der Waals surface area contributed by atoms with Gasteiger partial charge in [0.05, 0.1) is 22.3 Å². The summed E-state index contributed by atoms with van der Waals surface area (Å²) in [6, 6.07) is 11.7. The zero-order valence-electron chi connectivity index (χ0n) is 10.8. The average molecular weight is 286 g/mol. The average Bonchev–Trinajstić information content (AvgIpc) is 2.41. The Morgan fingerprint density at radius 2 is 2.05 bits per heavy atom. The maximum Gasteiger partial charge on any atom is 0.255 e. The molecule has 0 aliphatic carbocycles. The van der Waals surface area contributed by atoms with E-state index in [-0.39, 0.29) is 5.91 Å². The van der Waals surface area contributed by atoms with Crippen LogP contribution in [-0.2, 0) is 0 Å². The van der Waals surface area contributed by atoms with Crippen LogP contribution in [0, 0.1) is 18.3 Å². The number of nitriles is 1. The Kier molecular flexibility index (Phi) is 3.92. The van der Waals surface area contributed by atoms with Gasteiger partial charge in [-0.25, -0.2) is 0 Å². The first-order valence-electron chi connectivity index (χ1n) is 5.88. The monoisotopic (exact) mass is 285 g/mol. The SMILES string of the molecule is Cc1cc(N)ccc1C(=O)Nc1cc(C#N)ccc1Cl. The van der Waals surface area contributed by atoms with Crippen molar-refractivity contribution in [2.24, 2.45) is 0 Å². The number of nitrogens with two attached hydrogens (primary N) is 1. The summed E-state index contributed by atoms with van der Waals surface area (Å²) in [6.45, 7) is 1.80. The Hall–Kier alpha value is -2.51. The molecule has 0 unspecified atom stereocenters. The fourth-order valence-corrected chi connectivity index (χ4v) is 1.99. The highest BCUT2D eigenvalue weighted by atomic mass is 35.5. The smallest absolute Gasteiger partial charge is 0.255 e. The van der Waals surface area contributed by atoms with Crippen LogP contribution in [0.15, 0.2) is 36.4 Å². The van der Waals surface area contributed by atoms with Gasteiger partial charge in [0, 0.05) is 11.3 Å². The van der Waals surface area contributed by atoms with Crippen molar-refractivity contribution in [2.75, 3.05) is 11.1 Å². The van der Waals surface area contributed by atoms with Gasteiger partial charge in [0.15, 0.2) is 0 Å². The quantitative estimate of drug-likeness (QED) is 0.831. The molecule has 4 nitrogen and oxygen atoms in total. The summed E-state index contributed by atoms with van der Waals surface area (Å²) in [5, 5.41) is 11.9. The summed E-state index contributed by atoms with van der Waals surface area (Å²) in [5.74, 6) is -0.292. The van der Waals surface area contributed by atoms with Crippen LogP contribution < -0.4 is 11.1 Å². The third kappa shape index (κ3) is 2.90. The molecule has 0 aliphatic rings. The van der Waals surface area contributed by atoms with Crippen LogP contribution in [-0.4, -0.2) is 5.91 Å². The number of nitrogen functional groups attached to an aromatic ring is 1. The molecule has 0 atom stereocenters. The van der Waals surface area contributed by atoms with Crippen molar-refractivity contribution in [3.63, 3.8) is 0 Å². The van der Waals surface area contributed by atoms with Crippen LogP contribution in [0.4, 0.5) is 11.4 Å². The predicted molar refractivity (Wildman–Crippen MR) is 79.7 cm³/mol. The van der Waals surface area contributed by atoms with E-state index >= 15 is 0 Å². The fraction of sp³-hybridized carbons (Fsp3) is 0.0667. The lowest BCUT2D eigenvalue weighted by Gasteiger charge is -2.10. The van der Waals surface area contributed by atoms with E-state index < -0.39 is 0 Å². The standard InChI is InChI=1S/C15H12ClN3O/c1-9-6-11(18)3-4-12(9)15(20)19-14-7-10(8-17)2-5-13(14)16/h2-7H,18H2,1H3,(H,19,20). The first kappa shape index (κ1) is 13.9. The number of nitrogens with zero attached hydrogens (tertiary/aromatic N) is 1. The second-order valence-electron chi connectivity index (χ2n) is 4.33. The minimum Gasteiger partial charge on any atom is -0.399 e. The number of amides is 1. The third-order valence-electron chi connectivity index (χ3n) is 2.84. The molecule has 0 spiro atoms. The predicted octanol–water partition coefficient (Wildman–Crippen LogP) is 3.35. The molecule has 0 radical (unpaired) electrons. The molecule has 0 aromatic heterocycles. The summed E-state index contributed by atoms with van der Waals surface area (Å²) >= 11 is 6.01. The summed E-state index contributed by atoms with van der Waals surface area (Å²) in [6.07, 6.45) is 0. The van der Waals surface area contributed by atoms with E-state index in [4.69, 9.17) is 22.6 Å². The van der Waals surface area contributed by atoms with Crippen molar-refractivity contribution in [1.82, 2.24) is 0 Å². The van der Waals surface area contributed by atoms with Crippen LogP contribution >= 0.6 is 11.6 Å². The molecule has 20 heavy (non-hydrogen) atoms. The summed E-state index contributed by atoms with van der Waals surface area (Å²) in [7, 11) is 0. The second kappa shape index (κ2) is 5.64. The van der Waals surface area contributed by atoms with Crippen LogP contribution in [0.5, 0.6) is 0 Å². The highest BCUT2D eigenvalue weighted by Gasteiger charge is 2.11. The molecule has 0 saturated carbocycles. The third-order valence-corrected chi connectivity index (χ3v) is 3.17. The van der Waals surface area contributed by atoms with Gasteiger partial charge < -0.3 is 11.1 Å². The van der Waals surface area contributed by atoms with Gasteiger partial charge in [-0.3, -0.25) is 4.79 Å².